The van der Waals surface area contributed by atoms with Crippen LogP contribution in [0.4, 0.5) is 14.3 Å². The van der Waals surface area contributed by atoms with Gasteiger partial charge in [0.1, 0.15) is 5.82 Å². The number of rotatable bonds is 4. The molecular weight excluding hydrogens is 329 g/mol. The predicted octanol–water partition coefficient (Wildman–Crippen LogP) is 3.75. The van der Waals surface area contributed by atoms with E-state index in [1.165, 1.54) is 17.4 Å². The first-order valence-electron chi connectivity index (χ1n) is 7.60. The molecule has 24 heavy (non-hydrogen) atoms. The van der Waals surface area contributed by atoms with Crippen LogP contribution in [0.2, 0.25) is 0 Å². The summed E-state index contributed by atoms with van der Waals surface area (Å²) in [6.45, 7) is 1.42. The Morgan fingerprint density at radius 2 is 2.29 bits per heavy atom. The summed E-state index contributed by atoms with van der Waals surface area (Å²) in [7, 11) is 1.60. The summed E-state index contributed by atoms with van der Waals surface area (Å²) in [5.74, 6) is -0.227. The second-order valence-corrected chi connectivity index (χ2v) is 6.27. The van der Waals surface area contributed by atoms with Crippen molar-refractivity contribution in [3.05, 3.63) is 52.8 Å². The van der Waals surface area contributed by atoms with Crippen LogP contribution in [0, 0.1) is 5.82 Å². The second kappa shape index (κ2) is 7.55. The van der Waals surface area contributed by atoms with Crippen LogP contribution >= 0.6 is 11.3 Å². The van der Waals surface area contributed by atoms with Gasteiger partial charge in [0, 0.05) is 31.1 Å². The number of ether oxygens (including phenoxy) is 1. The molecule has 0 aliphatic carbocycles. The van der Waals surface area contributed by atoms with Crippen LogP contribution in [0.1, 0.15) is 17.7 Å². The highest BCUT2D eigenvalue weighted by atomic mass is 32.1. The number of anilines is 1. The monoisotopic (exact) mass is 347 g/mol. The fraction of sp³-hybridized carbons (Fsp3) is 0.294. The van der Waals surface area contributed by atoms with Gasteiger partial charge in [0.05, 0.1) is 12.3 Å². The van der Waals surface area contributed by atoms with Gasteiger partial charge >= 0.3 is 6.03 Å². The molecule has 1 aliphatic heterocycles. The molecule has 3 rings (SSSR count). The maximum absolute atomic E-state index is 13.8. The maximum Gasteiger partial charge on any atom is 0.323 e. The lowest BCUT2D eigenvalue weighted by atomic mass is 9.99. The topological polar surface area (TPSA) is 54.5 Å². The quantitative estimate of drug-likeness (QED) is 0.916. The highest BCUT2D eigenvalue weighted by Crippen LogP contribution is 2.25. The van der Waals surface area contributed by atoms with E-state index in [2.05, 4.69) is 10.3 Å². The molecule has 0 fully saturated rings. The zero-order chi connectivity index (χ0) is 16.9. The second-order valence-electron chi connectivity index (χ2n) is 5.41. The van der Waals surface area contributed by atoms with E-state index in [1.54, 1.807) is 24.1 Å². The Morgan fingerprint density at radius 1 is 1.46 bits per heavy atom. The van der Waals surface area contributed by atoms with Crippen molar-refractivity contribution >= 4 is 28.1 Å². The van der Waals surface area contributed by atoms with E-state index < -0.39 is 0 Å². The van der Waals surface area contributed by atoms with E-state index in [9.17, 15) is 9.18 Å². The highest BCUT2D eigenvalue weighted by Gasteiger charge is 2.20. The molecule has 1 aromatic carbocycles. The molecule has 0 radical (unpaired) electrons. The van der Waals surface area contributed by atoms with Gasteiger partial charge in [-0.1, -0.05) is 24.3 Å². The third-order valence-electron chi connectivity index (χ3n) is 3.77. The van der Waals surface area contributed by atoms with Crippen molar-refractivity contribution in [2.75, 3.05) is 25.5 Å². The first-order valence-corrected chi connectivity index (χ1v) is 8.48. The molecular formula is C17H18FN3O2S. The number of carbonyl (C=O) groups excluding carboxylic acids is 1. The van der Waals surface area contributed by atoms with Crippen LogP contribution in [0.15, 0.2) is 35.7 Å². The lowest BCUT2D eigenvalue weighted by Gasteiger charge is -2.26. The Hall–Kier alpha value is -2.25. The van der Waals surface area contributed by atoms with E-state index in [1.807, 2.05) is 17.5 Å². The van der Waals surface area contributed by atoms with Gasteiger partial charge in [0.2, 0.25) is 0 Å². The molecule has 0 atom stereocenters. The van der Waals surface area contributed by atoms with Crippen molar-refractivity contribution in [1.29, 1.82) is 0 Å². The van der Waals surface area contributed by atoms with Gasteiger partial charge in [-0.15, -0.1) is 11.3 Å². The van der Waals surface area contributed by atoms with E-state index in [4.69, 9.17) is 4.74 Å². The number of hydrogen-bond acceptors (Lipinski definition) is 4. The fourth-order valence-corrected chi connectivity index (χ4v) is 3.25. The van der Waals surface area contributed by atoms with Crippen molar-refractivity contribution in [2.45, 2.75) is 13.0 Å². The number of benzene rings is 1. The van der Waals surface area contributed by atoms with E-state index >= 15 is 0 Å². The molecule has 2 amide bonds. The first-order chi connectivity index (χ1) is 11.7. The average Bonchev–Trinajstić information content (AvgIpc) is 3.03. The Kier molecular flexibility index (Phi) is 5.22. The number of halogens is 1. The molecule has 2 heterocycles. The van der Waals surface area contributed by atoms with Gasteiger partial charge in [0.15, 0.2) is 5.13 Å². The summed E-state index contributed by atoms with van der Waals surface area (Å²) >= 11 is 1.37. The van der Waals surface area contributed by atoms with Gasteiger partial charge in [-0.25, -0.2) is 14.2 Å². The van der Waals surface area contributed by atoms with E-state index in [0.717, 1.165) is 11.3 Å². The van der Waals surface area contributed by atoms with Crippen molar-refractivity contribution in [3.8, 4) is 0 Å². The Balaban J connectivity index is 1.61. The largest absolute Gasteiger partial charge is 0.378 e. The minimum atomic E-state index is -0.227. The molecule has 0 spiro atoms. The minimum Gasteiger partial charge on any atom is -0.378 e. The Morgan fingerprint density at radius 3 is 3.00 bits per heavy atom. The molecule has 1 aromatic heterocycles. The van der Waals surface area contributed by atoms with Gasteiger partial charge in [-0.3, -0.25) is 5.32 Å². The third kappa shape index (κ3) is 3.80. The van der Waals surface area contributed by atoms with Crippen LogP contribution in [-0.2, 0) is 11.3 Å². The molecule has 2 aromatic rings. The number of methoxy groups -OCH3 is 1. The van der Waals surface area contributed by atoms with Crippen LogP contribution in [0.5, 0.6) is 0 Å². The standard InChI is InChI=1S/C17H18FN3O2S/c1-23-10-13-11-24-16(19-13)20-17(22)21-8-6-12(7-9-21)14-4-2-3-5-15(14)18/h2-6,11H,7-10H2,1H3,(H,19,20,22). The molecule has 1 aliphatic rings. The van der Waals surface area contributed by atoms with E-state index in [-0.39, 0.29) is 11.8 Å². The SMILES string of the molecule is COCc1csc(NC(=O)N2CC=C(c3ccccc3F)CC2)n1. The fourth-order valence-electron chi connectivity index (χ4n) is 2.57. The normalized spacial score (nSPS) is 14.4. The number of carbonyl (C=O) groups is 1. The summed E-state index contributed by atoms with van der Waals surface area (Å²) in [6.07, 6.45) is 2.53. The van der Waals surface area contributed by atoms with Crippen LogP contribution in [-0.4, -0.2) is 36.1 Å². The van der Waals surface area contributed by atoms with Crippen molar-refractivity contribution in [3.63, 3.8) is 0 Å². The molecule has 0 bridgehead atoms. The molecule has 0 unspecified atom stereocenters. The third-order valence-corrected chi connectivity index (χ3v) is 4.58. The first kappa shape index (κ1) is 16.6. The molecule has 7 heteroatoms. The number of nitrogens with zero attached hydrogens (tertiary/aromatic N) is 2. The Bertz CT molecular complexity index is 760. The van der Waals surface area contributed by atoms with Gasteiger partial charge in [-0.2, -0.15) is 0 Å². The average molecular weight is 347 g/mol. The zero-order valence-corrected chi connectivity index (χ0v) is 14.1. The summed E-state index contributed by atoms with van der Waals surface area (Å²) in [4.78, 5) is 18.3. The predicted molar refractivity (Wildman–Crippen MR) is 92.4 cm³/mol. The number of urea groups is 1. The lowest BCUT2D eigenvalue weighted by molar-refractivity contribution is 0.182. The summed E-state index contributed by atoms with van der Waals surface area (Å²) in [5, 5.41) is 5.20. The molecule has 0 saturated carbocycles. The van der Waals surface area contributed by atoms with Crippen LogP contribution in [0.3, 0.4) is 0 Å². The zero-order valence-electron chi connectivity index (χ0n) is 13.3. The molecule has 1 N–H and O–H groups in total. The van der Waals surface area contributed by atoms with Gasteiger partial charge in [0.25, 0.3) is 0 Å². The van der Waals surface area contributed by atoms with Crippen LogP contribution in [0.25, 0.3) is 5.57 Å². The Labute approximate surface area is 143 Å². The van der Waals surface area contributed by atoms with E-state index in [0.29, 0.717) is 36.8 Å². The summed E-state index contributed by atoms with van der Waals surface area (Å²) < 4.78 is 18.8. The summed E-state index contributed by atoms with van der Waals surface area (Å²) in [6, 6.07) is 6.52. The van der Waals surface area contributed by atoms with Crippen molar-refractivity contribution < 1.29 is 13.9 Å². The number of amides is 2. The summed E-state index contributed by atoms with van der Waals surface area (Å²) in [5.41, 5.74) is 2.34. The van der Waals surface area contributed by atoms with Gasteiger partial charge in [-0.05, 0) is 18.1 Å². The van der Waals surface area contributed by atoms with Crippen LogP contribution < -0.4 is 5.32 Å². The smallest absolute Gasteiger partial charge is 0.323 e. The number of aromatic nitrogens is 1. The highest BCUT2D eigenvalue weighted by molar-refractivity contribution is 7.13. The molecule has 126 valence electrons. The molecule has 0 saturated heterocycles. The molecule has 5 nitrogen and oxygen atoms in total. The minimum absolute atomic E-state index is 0.197. The van der Waals surface area contributed by atoms with Gasteiger partial charge < -0.3 is 9.64 Å². The van der Waals surface area contributed by atoms with Crippen molar-refractivity contribution in [2.24, 2.45) is 0 Å². The number of hydrogen-bond donors (Lipinski definition) is 1. The number of thiazole rings is 1. The maximum atomic E-state index is 13.8. The number of nitrogens with one attached hydrogen (secondary N) is 1. The lowest BCUT2D eigenvalue weighted by Crippen LogP contribution is -2.37. The van der Waals surface area contributed by atoms with Crippen molar-refractivity contribution in [1.82, 2.24) is 9.88 Å².